The molecule has 0 unspecified atom stereocenters. The number of nitrogens with zero attached hydrogens (tertiary/aromatic N) is 2. The van der Waals surface area contributed by atoms with Crippen molar-refractivity contribution in [2.45, 2.75) is 39.0 Å². The maximum absolute atomic E-state index is 12.4. The Labute approximate surface area is 165 Å². The zero-order chi connectivity index (χ0) is 19.5. The van der Waals surface area contributed by atoms with E-state index in [1.165, 1.54) is 5.56 Å². The van der Waals surface area contributed by atoms with E-state index in [0.717, 1.165) is 47.8 Å². The molecule has 2 aromatic carbocycles. The highest BCUT2D eigenvalue weighted by molar-refractivity contribution is 5.94. The lowest BCUT2D eigenvalue weighted by Gasteiger charge is -2.24. The van der Waals surface area contributed by atoms with Crippen molar-refractivity contribution < 1.29 is 9.53 Å². The van der Waals surface area contributed by atoms with Gasteiger partial charge in [-0.3, -0.25) is 4.79 Å². The van der Waals surface area contributed by atoms with Gasteiger partial charge in [0, 0.05) is 17.9 Å². The molecule has 0 bridgehead atoms. The molecule has 144 valence electrons. The van der Waals surface area contributed by atoms with Crippen LogP contribution in [0.2, 0.25) is 0 Å². The number of aryl methyl sites for hydroxylation is 1. The molecule has 28 heavy (non-hydrogen) atoms. The average Bonchev–Trinajstić information content (AvgIpc) is 3.12. The zero-order valence-corrected chi connectivity index (χ0v) is 16.3. The molecule has 1 N–H and O–H groups in total. The van der Waals surface area contributed by atoms with E-state index in [4.69, 9.17) is 4.74 Å². The van der Waals surface area contributed by atoms with Crippen LogP contribution in [0.15, 0.2) is 54.7 Å². The monoisotopic (exact) mass is 375 g/mol. The fraction of sp³-hybridized carbons (Fsp3) is 0.304. The van der Waals surface area contributed by atoms with Gasteiger partial charge in [-0.05, 0) is 43.2 Å². The van der Waals surface area contributed by atoms with Crippen molar-refractivity contribution in [3.05, 3.63) is 71.4 Å². The Bertz CT molecular complexity index is 959. The van der Waals surface area contributed by atoms with Crippen molar-refractivity contribution in [1.82, 2.24) is 9.78 Å². The Kier molecular flexibility index (Phi) is 5.15. The van der Waals surface area contributed by atoms with Crippen molar-refractivity contribution in [2.24, 2.45) is 0 Å². The second-order valence-corrected chi connectivity index (χ2v) is 7.27. The lowest BCUT2D eigenvalue weighted by atomic mass is 9.87. The number of hydrogen-bond donors (Lipinski definition) is 1. The van der Waals surface area contributed by atoms with Gasteiger partial charge in [-0.1, -0.05) is 43.2 Å². The molecule has 0 spiro atoms. The summed E-state index contributed by atoms with van der Waals surface area (Å²) in [4.78, 5) is 12.4. The Morgan fingerprint density at radius 2 is 1.89 bits per heavy atom. The van der Waals surface area contributed by atoms with E-state index in [1.54, 1.807) is 4.68 Å². The number of carbonyl (C=O) groups is 1. The predicted molar refractivity (Wildman–Crippen MR) is 110 cm³/mol. The average molecular weight is 375 g/mol. The van der Waals surface area contributed by atoms with Gasteiger partial charge in [0.1, 0.15) is 11.6 Å². The Hall–Kier alpha value is -3.08. The molecule has 1 aliphatic heterocycles. The molecule has 1 aromatic heterocycles. The maximum Gasteiger partial charge on any atom is 0.226 e. The van der Waals surface area contributed by atoms with Gasteiger partial charge in [-0.15, -0.1) is 0 Å². The topological polar surface area (TPSA) is 56.1 Å². The molecule has 0 fully saturated rings. The number of rotatable bonds is 6. The van der Waals surface area contributed by atoms with Gasteiger partial charge in [-0.25, -0.2) is 4.68 Å². The molecule has 4 rings (SSSR count). The van der Waals surface area contributed by atoms with Crippen molar-refractivity contribution >= 4 is 11.7 Å². The smallest absolute Gasteiger partial charge is 0.226 e. The second kappa shape index (κ2) is 7.89. The van der Waals surface area contributed by atoms with Crippen molar-refractivity contribution in [2.75, 3.05) is 11.9 Å². The summed E-state index contributed by atoms with van der Waals surface area (Å²) in [5.41, 5.74) is 4.27. The van der Waals surface area contributed by atoms with E-state index in [0.29, 0.717) is 6.42 Å². The minimum atomic E-state index is -0.00681. The lowest BCUT2D eigenvalue weighted by Crippen LogP contribution is -2.24. The van der Waals surface area contributed by atoms with Crippen LogP contribution in [-0.4, -0.2) is 22.3 Å². The van der Waals surface area contributed by atoms with Crippen LogP contribution in [0.1, 0.15) is 48.8 Å². The molecule has 5 heteroatoms. The van der Waals surface area contributed by atoms with Gasteiger partial charge in [0.25, 0.3) is 0 Å². The molecule has 1 aliphatic rings. The van der Waals surface area contributed by atoms with Gasteiger partial charge in [0.05, 0.1) is 18.5 Å². The van der Waals surface area contributed by atoms with Gasteiger partial charge in [0.2, 0.25) is 5.91 Å². The minimum Gasteiger partial charge on any atom is -0.494 e. The summed E-state index contributed by atoms with van der Waals surface area (Å²) in [5.74, 6) is 1.63. The van der Waals surface area contributed by atoms with Gasteiger partial charge in [-0.2, -0.15) is 5.10 Å². The highest BCUT2D eigenvalue weighted by Gasteiger charge is 2.30. The quantitative estimate of drug-likeness (QED) is 0.628. The highest BCUT2D eigenvalue weighted by Crippen LogP contribution is 2.38. The van der Waals surface area contributed by atoms with E-state index in [2.05, 4.69) is 36.4 Å². The molecule has 0 aliphatic carbocycles. The highest BCUT2D eigenvalue weighted by atomic mass is 16.5. The number of aromatic nitrogens is 2. The number of anilines is 1. The molecule has 2 heterocycles. The van der Waals surface area contributed by atoms with E-state index in [1.807, 2.05) is 42.6 Å². The number of nitrogens with one attached hydrogen (secondary N) is 1. The third-order valence-corrected chi connectivity index (χ3v) is 5.15. The molecule has 1 amide bonds. The fourth-order valence-corrected chi connectivity index (χ4v) is 3.53. The van der Waals surface area contributed by atoms with Crippen LogP contribution in [0.4, 0.5) is 5.82 Å². The fourth-order valence-electron chi connectivity index (χ4n) is 3.53. The summed E-state index contributed by atoms with van der Waals surface area (Å²) in [5, 5.41) is 7.56. The normalized spacial score (nSPS) is 15.8. The SMILES string of the molecule is CCCCOc1ccc([C@@H]2CC(=O)Nc3c2cnn3-c2ccc(C)cc2)cc1. The first-order valence-electron chi connectivity index (χ1n) is 9.83. The molecule has 0 saturated heterocycles. The van der Waals surface area contributed by atoms with E-state index in [-0.39, 0.29) is 11.8 Å². The first-order chi connectivity index (χ1) is 13.7. The molecular weight excluding hydrogens is 350 g/mol. The molecule has 1 atom stereocenters. The summed E-state index contributed by atoms with van der Waals surface area (Å²) in [6.45, 7) is 4.93. The van der Waals surface area contributed by atoms with Crippen LogP contribution < -0.4 is 10.1 Å². The first-order valence-corrected chi connectivity index (χ1v) is 9.83. The molecule has 5 nitrogen and oxygen atoms in total. The molecular formula is C23H25N3O2. The number of benzene rings is 2. The van der Waals surface area contributed by atoms with Gasteiger partial charge < -0.3 is 10.1 Å². The van der Waals surface area contributed by atoms with Crippen molar-refractivity contribution in [3.63, 3.8) is 0 Å². The van der Waals surface area contributed by atoms with Crippen molar-refractivity contribution in [1.29, 1.82) is 0 Å². The minimum absolute atomic E-state index is 0.00681. The molecule has 3 aromatic rings. The Morgan fingerprint density at radius 3 is 2.61 bits per heavy atom. The van der Waals surface area contributed by atoms with Gasteiger partial charge in [0.15, 0.2) is 0 Å². The number of fused-ring (bicyclic) bond motifs is 1. The van der Waals surface area contributed by atoms with Crippen LogP contribution in [0.5, 0.6) is 5.75 Å². The van der Waals surface area contributed by atoms with Crippen molar-refractivity contribution in [3.8, 4) is 11.4 Å². The largest absolute Gasteiger partial charge is 0.494 e. The van der Waals surface area contributed by atoms with E-state index in [9.17, 15) is 4.79 Å². The Morgan fingerprint density at radius 1 is 1.14 bits per heavy atom. The first kappa shape index (κ1) is 18.3. The van der Waals surface area contributed by atoms with E-state index < -0.39 is 0 Å². The number of ether oxygens (including phenoxy) is 1. The maximum atomic E-state index is 12.4. The number of amides is 1. The molecule has 0 saturated carbocycles. The standard InChI is InChI=1S/C23H25N3O2/c1-3-4-13-28-19-11-7-17(8-12-19)20-14-22(27)25-23-21(20)15-24-26(23)18-9-5-16(2)6-10-18/h5-12,15,20H,3-4,13-14H2,1-2H3,(H,25,27)/t20-/m0/s1. The predicted octanol–water partition coefficient (Wildman–Crippen LogP) is 4.83. The number of unbranched alkanes of at least 4 members (excludes halogenated alkanes) is 1. The number of hydrogen-bond acceptors (Lipinski definition) is 3. The van der Waals surface area contributed by atoms with Crippen LogP contribution in [0.25, 0.3) is 5.69 Å². The summed E-state index contributed by atoms with van der Waals surface area (Å²) in [6.07, 6.45) is 4.45. The summed E-state index contributed by atoms with van der Waals surface area (Å²) < 4.78 is 7.56. The second-order valence-electron chi connectivity index (χ2n) is 7.27. The number of carbonyl (C=O) groups excluding carboxylic acids is 1. The zero-order valence-electron chi connectivity index (χ0n) is 16.3. The summed E-state index contributed by atoms with van der Waals surface area (Å²) >= 11 is 0. The Balaban J connectivity index is 1.62. The third-order valence-electron chi connectivity index (χ3n) is 5.15. The molecule has 0 radical (unpaired) electrons. The van der Waals surface area contributed by atoms with Gasteiger partial charge >= 0.3 is 0 Å². The third kappa shape index (κ3) is 3.65. The summed E-state index contributed by atoms with van der Waals surface area (Å²) in [7, 11) is 0. The van der Waals surface area contributed by atoms with Crippen LogP contribution in [-0.2, 0) is 4.79 Å². The lowest BCUT2D eigenvalue weighted by molar-refractivity contribution is -0.116. The van der Waals surface area contributed by atoms with Crippen LogP contribution >= 0.6 is 0 Å². The summed E-state index contributed by atoms with van der Waals surface area (Å²) in [6, 6.07) is 16.2. The van der Waals surface area contributed by atoms with Crippen LogP contribution in [0.3, 0.4) is 0 Å². The van der Waals surface area contributed by atoms with E-state index >= 15 is 0 Å². The van der Waals surface area contributed by atoms with Crippen LogP contribution in [0, 0.1) is 6.92 Å².